The Kier molecular flexibility index (Phi) is 7.32. The molecule has 11 heteroatoms. The SMILES string of the molecule is CN1CCN(c2ccccc2NS(=O)(=O)c2cc(C(F)(F)F)ccc2Cl)CC1.Cl. The van der Waals surface area contributed by atoms with Crippen molar-refractivity contribution in [1.29, 1.82) is 0 Å². The van der Waals surface area contributed by atoms with Crippen LogP contribution in [0.25, 0.3) is 0 Å². The van der Waals surface area contributed by atoms with Crippen molar-refractivity contribution in [2.75, 3.05) is 42.8 Å². The van der Waals surface area contributed by atoms with Crippen molar-refractivity contribution in [2.24, 2.45) is 0 Å². The minimum Gasteiger partial charge on any atom is -0.367 e. The fourth-order valence-electron chi connectivity index (χ4n) is 2.97. The summed E-state index contributed by atoms with van der Waals surface area (Å²) in [6, 6.07) is 9.02. The Morgan fingerprint density at radius 3 is 2.28 bits per heavy atom. The number of sulfonamides is 1. The van der Waals surface area contributed by atoms with E-state index in [2.05, 4.69) is 9.62 Å². The number of likely N-dealkylation sites (N-methyl/N-ethyl adjacent to an activating group) is 1. The molecular weight excluding hydrogens is 450 g/mol. The number of piperazine rings is 1. The van der Waals surface area contributed by atoms with Crippen molar-refractivity contribution < 1.29 is 21.6 Å². The number of para-hydroxylation sites is 2. The Bertz CT molecular complexity index is 963. The summed E-state index contributed by atoms with van der Waals surface area (Å²) in [5, 5.41) is -0.280. The van der Waals surface area contributed by atoms with Gasteiger partial charge in [0.05, 0.1) is 22.0 Å². The van der Waals surface area contributed by atoms with Crippen LogP contribution in [0.1, 0.15) is 5.56 Å². The molecule has 1 N–H and O–H groups in total. The van der Waals surface area contributed by atoms with Crippen molar-refractivity contribution >= 4 is 45.4 Å². The Morgan fingerprint density at radius 1 is 1.03 bits per heavy atom. The molecule has 2 aromatic rings. The lowest BCUT2D eigenvalue weighted by molar-refractivity contribution is -0.137. The molecule has 2 aromatic carbocycles. The molecule has 160 valence electrons. The van der Waals surface area contributed by atoms with E-state index in [9.17, 15) is 21.6 Å². The van der Waals surface area contributed by atoms with Crippen LogP contribution in [0.5, 0.6) is 0 Å². The monoisotopic (exact) mass is 469 g/mol. The third kappa shape index (κ3) is 5.48. The van der Waals surface area contributed by atoms with E-state index in [1.807, 2.05) is 11.9 Å². The first-order valence-electron chi connectivity index (χ1n) is 8.50. The molecule has 0 amide bonds. The van der Waals surface area contributed by atoms with Crippen LogP contribution in [0.2, 0.25) is 5.02 Å². The summed E-state index contributed by atoms with van der Waals surface area (Å²) in [5.74, 6) is 0. The third-order valence-electron chi connectivity index (χ3n) is 4.54. The molecule has 0 aliphatic carbocycles. The van der Waals surface area contributed by atoms with Gasteiger partial charge in [0.2, 0.25) is 0 Å². The molecule has 1 saturated heterocycles. The minimum atomic E-state index is -4.67. The topological polar surface area (TPSA) is 52.6 Å². The van der Waals surface area contributed by atoms with Gasteiger partial charge in [-0.3, -0.25) is 4.72 Å². The van der Waals surface area contributed by atoms with Crippen molar-refractivity contribution in [2.45, 2.75) is 11.1 Å². The van der Waals surface area contributed by atoms with Crippen LogP contribution in [0.15, 0.2) is 47.4 Å². The lowest BCUT2D eigenvalue weighted by atomic mass is 10.2. The average molecular weight is 470 g/mol. The molecule has 1 aliphatic rings. The molecule has 1 heterocycles. The summed E-state index contributed by atoms with van der Waals surface area (Å²) in [6.45, 7) is 3.06. The molecule has 1 aliphatic heterocycles. The molecule has 0 radical (unpaired) electrons. The van der Waals surface area contributed by atoms with Crippen LogP contribution in [0.4, 0.5) is 24.5 Å². The maximum Gasteiger partial charge on any atom is 0.416 e. The molecule has 29 heavy (non-hydrogen) atoms. The number of nitrogens with one attached hydrogen (secondary N) is 1. The zero-order valence-corrected chi connectivity index (χ0v) is 17.8. The third-order valence-corrected chi connectivity index (χ3v) is 6.39. The second-order valence-corrected chi connectivity index (χ2v) is 8.61. The number of hydrogen-bond donors (Lipinski definition) is 1. The number of rotatable bonds is 4. The second kappa shape index (κ2) is 8.99. The highest BCUT2D eigenvalue weighted by atomic mass is 35.5. The molecule has 0 unspecified atom stereocenters. The number of halogens is 5. The predicted molar refractivity (Wildman–Crippen MR) is 111 cm³/mol. The van der Waals surface area contributed by atoms with Crippen LogP contribution >= 0.6 is 24.0 Å². The molecule has 0 spiro atoms. The largest absolute Gasteiger partial charge is 0.416 e. The summed E-state index contributed by atoms with van der Waals surface area (Å²) in [6.07, 6.45) is -4.67. The van der Waals surface area contributed by atoms with E-state index in [1.165, 1.54) is 0 Å². The molecule has 3 rings (SSSR count). The highest BCUT2D eigenvalue weighted by molar-refractivity contribution is 7.92. The summed E-state index contributed by atoms with van der Waals surface area (Å²) in [4.78, 5) is 3.58. The van der Waals surface area contributed by atoms with E-state index in [-0.39, 0.29) is 17.4 Å². The lowest BCUT2D eigenvalue weighted by Gasteiger charge is -2.35. The molecule has 1 fully saturated rings. The Morgan fingerprint density at radius 2 is 1.66 bits per heavy atom. The maximum absolute atomic E-state index is 13.0. The average Bonchev–Trinajstić information content (AvgIpc) is 2.62. The maximum atomic E-state index is 13.0. The van der Waals surface area contributed by atoms with Crippen molar-refractivity contribution in [3.63, 3.8) is 0 Å². The van der Waals surface area contributed by atoms with E-state index < -0.39 is 26.7 Å². The second-order valence-electron chi connectivity index (χ2n) is 6.56. The van der Waals surface area contributed by atoms with Crippen molar-refractivity contribution in [3.05, 3.63) is 53.1 Å². The van der Waals surface area contributed by atoms with Gasteiger partial charge in [-0.05, 0) is 37.4 Å². The van der Waals surface area contributed by atoms with E-state index in [0.29, 0.717) is 30.5 Å². The minimum absolute atomic E-state index is 0. The highest BCUT2D eigenvalue weighted by Crippen LogP contribution is 2.35. The molecular formula is C18H20Cl2F3N3O2S. The fraction of sp³-hybridized carbons (Fsp3) is 0.333. The quantitative estimate of drug-likeness (QED) is 0.723. The number of hydrogen-bond acceptors (Lipinski definition) is 4. The Balaban J connectivity index is 0.00000300. The highest BCUT2D eigenvalue weighted by Gasteiger charge is 2.33. The van der Waals surface area contributed by atoms with Gasteiger partial charge in [0.15, 0.2) is 0 Å². The van der Waals surface area contributed by atoms with Crippen LogP contribution in [0, 0.1) is 0 Å². The van der Waals surface area contributed by atoms with Gasteiger partial charge in [0, 0.05) is 26.2 Å². The first-order valence-corrected chi connectivity index (χ1v) is 10.4. The van der Waals surface area contributed by atoms with Gasteiger partial charge >= 0.3 is 6.18 Å². The molecule has 5 nitrogen and oxygen atoms in total. The normalized spacial score (nSPS) is 15.7. The van der Waals surface area contributed by atoms with Gasteiger partial charge in [-0.25, -0.2) is 8.42 Å². The first-order chi connectivity index (χ1) is 13.1. The zero-order valence-electron chi connectivity index (χ0n) is 15.4. The number of anilines is 2. The van der Waals surface area contributed by atoms with Crippen LogP contribution in [-0.2, 0) is 16.2 Å². The number of benzene rings is 2. The first kappa shape index (κ1) is 23.6. The van der Waals surface area contributed by atoms with Gasteiger partial charge in [-0.2, -0.15) is 13.2 Å². The standard InChI is InChI=1S/C18H19ClF3N3O2S.ClH/c1-24-8-10-25(11-9-24)16-5-3-2-4-15(16)23-28(26,27)17-12-13(18(20,21)22)6-7-14(17)19;/h2-7,12,23H,8-11H2,1H3;1H. The summed E-state index contributed by atoms with van der Waals surface area (Å²) in [5.41, 5.74) is -0.118. The Hall–Kier alpha value is -1.68. The fourth-order valence-corrected chi connectivity index (χ4v) is 4.57. The van der Waals surface area contributed by atoms with E-state index in [4.69, 9.17) is 11.6 Å². The smallest absolute Gasteiger partial charge is 0.367 e. The van der Waals surface area contributed by atoms with Crippen LogP contribution in [0.3, 0.4) is 0 Å². The molecule has 0 aromatic heterocycles. The Labute approximate surface area is 178 Å². The van der Waals surface area contributed by atoms with Crippen LogP contribution in [-0.4, -0.2) is 46.5 Å². The number of nitrogens with zero attached hydrogens (tertiary/aromatic N) is 2. The summed E-state index contributed by atoms with van der Waals surface area (Å²) in [7, 11) is -2.32. The molecule has 0 bridgehead atoms. The van der Waals surface area contributed by atoms with Crippen molar-refractivity contribution in [3.8, 4) is 0 Å². The van der Waals surface area contributed by atoms with Crippen LogP contribution < -0.4 is 9.62 Å². The van der Waals surface area contributed by atoms with E-state index in [0.717, 1.165) is 25.2 Å². The van der Waals surface area contributed by atoms with Crippen molar-refractivity contribution in [1.82, 2.24) is 4.90 Å². The molecule has 0 saturated carbocycles. The summed E-state index contributed by atoms with van der Waals surface area (Å²) >= 11 is 5.90. The molecule has 0 atom stereocenters. The van der Waals surface area contributed by atoms with E-state index in [1.54, 1.807) is 24.3 Å². The van der Waals surface area contributed by atoms with Gasteiger partial charge in [-0.15, -0.1) is 12.4 Å². The van der Waals surface area contributed by atoms with Gasteiger partial charge in [-0.1, -0.05) is 23.7 Å². The predicted octanol–water partition coefficient (Wildman–Crippen LogP) is 4.33. The lowest BCUT2D eigenvalue weighted by Crippen LogP contribution is -2.44. The van der Waals surface area contributed by atoms with E-state index >= 15 is 0 Å². The zero-order chi connectivity index (χ0) is 20.5. The number of alkyl halides is 3. The summed E-state index contributed by atoms with van der Waals surface area (Å²) < 4.78 is 66.9. The van der Waals surface area contributed by atoms with Gasteiger partial charge < -0.3 is 9.80 Å². The van der Waals surface area contributed by atoms with Gasteiger partial charge in [0.1, 0.15) is 4.90 Å². The van der Waals surface area contributed by atoms with Gasteiger partial charge in [0.25, 0.3) is 10.0 Å².